The number of aromatic nitrogens is 4. The maximum Gasteiger partial charge on any atom is 0.269 e. The molecule has 4 heterocycles. The van der Waals surface area contributed by atoms with Crippen LogP contribution in [0.4, 0.5) is 10.1 Å². The van der Waals surface area contributed by atoms with Gasteiger partial charge in [-0.1, -0.05) is 15.9 Å². The molecule has 0 saturated heterocycles. The number of ether oxygens (including phenoxy) is 1. The number of aryl methyl sites for hydroxylation is 1. The fraction of sp³-hybridized carbons (Fsp3) is 0.0345. The SMILES string of the molecule is Cn1ccc2c(Oc3ccc(NC(=O)c4cc5cccnc5n(-c5ccc(Br)cc5)c4=O)cc3F)ccnc21. The van der Waals surface area contributed by atoms with Crippen LogP contribution in [0, 0.1) is 5.82 Å². The number of fused-ring (bicyclic) bond motifs is 2. The Bertz CT molecular complexity index is 1950. The summed E-state index contributed by atoms with van der Waals surface area (Å²) in [4.78, 5) is 35.4. The van der Waals surface area contributed by atoms with E-state index in [4.69, 9.17) is 4.74 Å². The zero-order valence-corrected chi connectivity index (χ0v) is 22.0. The van der Waals surface area contributed by atoms with Crippen molar-refractivity contribution in [1.29, 1.82) is 0 Å². The molecule has 0 spiro atoms. The number of rotatable bonds is 5. The van der Waals surface area contributed by atoms with Crippen LogP contribution >= 0.6 is 15.9 Å². The van der Waals surface area contributed by atoms with Crippen LogP contribution < -0.4 is 15.6 Å². The van der Waals surface area contributed by atoms with E-state index in [1.807, 2.05) is 23.9 Å². The summed E-state index contributed by atoms with van der Waals surface area (Å²) < 4.78 is 24.9. The zero-order chi connectivity index (χ0) is 27.1. The lowest BCUT2D eigenvalue weighted by Gasteiger charge is -2.13. The predicted molar refractivity (Wildman–Crippen MR) is 150 cm³/mol. The van der Waals surface area contributed by atoms with Crippen LogP contribution in [0.1, 0.15) is 10.4 Å². The van der Waals surface area contributed by atoms with E-state index in [0.717, 1.165) is 15.9 Å². The highest BCUT2D eigenvalue weighted by Crippen LogP contribution is 2.31. The average molecular weight is 584 g/mol. The van der Waals surface area contributed by atoms with E-state index >= 15 is 4.39 Å². The topological polar surface area (TPSA) is 91.0 Å². The molecule has 0 bridgehead atoms. The van der Waals surface area contributed by atoms with Gasteiger partial charge in [0.2, 0.25) is 0 Å². The van der Waals surface area contributed by atoms with Gasteiger partial charge in [0, 0.05) is 47.3 Å². The quantitative estimate of drug-likeness (QED) is 0.260. The molecule has 0 atom stereocenters. The van der Waals surface area contributed by atoms with Crippen molar-refractivity contribution in [1.82, 2.24) is 19.1 Å². The number of nitrogens with zero attached hydrogens (tertiary/aromatic N) is 4. The van der Waals surface area contributed by atoms with Crippen molar-refractivity contribution in [3.05, 3.63) is 118 Å². The first kappa shape index (κ1) is 24.5. The van der Waals surface area contributed by atoms with E-state index < -0.39 is 17.3 Å². The van der Waals surface area contributed by atoms with E-state index in [1.165, 1.54) is 22.8 Å². The Morgan fingerprint density at radius 3 is 2.54 bits per heavy atom. The predicted octanol–water partition coefficient (Wildman–Crippen LogP) is 6.22. The van der Waals surface area contributed by atoms with Gasteiger partial charge < -0.3 is 14.6 Å². The Labute approximate surface area is 229 Å². The largest absolute Gasteiger partial charge is 0.453 e. The van der Waals surface area contributed by atoms with Crippen molar-refractivity contribution in [3.63, 3.8) is 0 Å². The molecule has 10 heteroatoms. The average Bonchev–Trinajstić information content (AvgIpc) is 3.32. The maximum atomic E-state index is 15.0. The van der Waals surface area contributed by atoms with E-state index in [1.54, 1.807) is 54.9 Å². The van der Waals surface area contributed by atoms with Gasteiger partial charge in [-0.3, -0.25) is 14.2 Å². The van der Waals surface area contributed by atoms with Gasteiger partial charge in [0.25, 0.3) is 11.5 Å². The Hall–Kier alpha value is -4.83. The molecule has 1 N–H and O–H groups in total. The van der Waals surface area contributed by atoms with Gasteiger partial charge in [0.05, 0.1) is 11.1 Å². The highest BCUT2D eigenvalue weighted by molar-refractivity contribution is 9.10. The maximum absolute atomic E-state index is 15.0. The molecular weight excluding hydrogens is 565 g/mol. The standard InChI is InChI=1S/C29H19BrFN5O3/c1-35-14-11-21-24(10-13-33-27(21)35)39-25-9-6-19(16-23(25)31)34-28(37)22-15-17-3-2-12-32-26(17)36(29(22)38)20-7-4-18(30)5-8-20/h2-16H,1H3,(H,34,37). The second kappa shape index (κ2) is 9.80. The first-order valence-corrected chi connectivity index (χ1v) is 12.6. The summed E-state index contributed by atoms with van der Waals surface area (Å²) in [6, 6.07) is 19.6. The van der Waals surface area contributed by atoms with Crippen LogP contribution in [-0.4, -0.2) is 25.0 Å². The number of carbonyl (C=O) groups excluding carboxylic acids is 1. The molecule has 8 nitrogen and oxygen atoms in total. The molecule has 39 heavy (non-hydrogen) atoms. The smallest absolute Gasteiger partial charge is 0.269 e. The van der Waals surface area contributed by atoms with Crippen molar-refractivity contribution >= 4 is 49.6 Å². The fourth-order valence-electron chi connectivity index (χ4n) is 4.34. The summed E-state index contributed by atoms with van der Waals surface area (Å²) in [6.07, 6.45) is 5.01. The number of benzene rings is 2. The molecule has 0 aliphatic heterocycles. The van der Waals surface area contributed by atoms with Crippen LogP contribution in [0.3, 0.4) is 0 Å². The third-order valence-corrected chi connectivity index (χ3v) is 6.76. The summed E-state index contributed by atoms with van der Waals surface area (Å²) in [5, 5.41) is 3.97. The molecule has 6 rings (SSSR count). The Morgan fingerprint density at radius 2 is 1.74 bits per heavy atom. The lowest BCUT2D eigenvalue weighted by Crippen LogP contribution is -2.29. The van der Waals surface area contributed by atoms with Crippen molar-refractivity contribution in [2.24, 2.45) is 7.05 Å². The molecule has 0 radical (unpaired) electrons. The molecule has 0 fully saturated rings. The van der Waals surface area contributed by atoms with Crippen LogP contribution in [0.2, 0.25) is 0 Å². The van der Waals surface area contributed by atoms with Crippen molar-refractivity contribution in [3.8, 4) is 17.2 Å². The van der Waals surface area contributed by atoms with Crippen LogP contribution in [0.25, 0.3) is 27.8 Å². The molecule has 0 unspecified atom stereocenters. The molecule has 0 saturated carbocycles. The van der Waals surface area contributed by atoms with Crippen molar-refractivity contribution in [2.75, 3.05) is 5.32 Å². The lowest BCUT2D eigenvalue weighted by atomic mass is 10.1. The van der Waals surface area contributed by atoms with E-state index in [2.05, 4.69) is 31.2 Å². The zero-order valence-electron chi connectivity index (χ0n) is 20.4. The molecular formula is C29H19BrFN5O3. The second-order valence-electron chi connectivity index (χ2n) is 8.77. The summed E-state index contributed by atoms with van der Waals surface area (Å²) in [6.45, 7) is 0. The van der Waals surface area contributed by atoms with Crippen molar-refractivity contribution < 1.29 is 13.9 Å². The first-order chi connectivity index (χ1) is 18.9. The van der Waals surface area contributed by atoms with Gasteiger partial charge in [-0.15, -0.1) is 0 Å². The second-order valence-corrected chi connectivity index (χ2v) is 9.68. The Morgan fingerprint density at radius 1 is 0.949 bits per heavy atom. The van der Waals surface area contributed by atoms with Crippen LogP contribution in [0.5, 0.6) is 11.5 Å². The van der Waals surface area contributed by atoms with Crippen LogP contribution in [-0.2, 0) is 7.05 Å². The molecule has 0 aliphatic carbocycles. The molecule has 1 amide bonds. The summed E-state index contributed by atoms with van der Waals surface area (Å²) in [7, 11) is 1.86. The van der Waals surface area contributed by atoms with Crippen LogP contribution in [0.15, 0.2) is 101 Å². The third kappa shape index (κ3) is 4.55. The van der Waals surface area contributed by atoms with E-state index in [0.29, 0.717) is 28.1 Å². The number of carbonyl (C=O) groups is 1. The summed E-state index contributed by atoms with van der Waals surface area (Å²) in [5.74, 6) is -0.915. The summed E-state index contributed by atoms with van der Waals surface area (Å²) in [5.41, 5.74) is 1.19. The molecule has 6 aromatic rings. The van der Waals surface area contributed by atoms with Gasteiger partial charge in [0.1, 0.15) is 22.6 Å². The number of hydrogen-bond acceptors (Lipinski definition) is 5. The molecule has 192 valence electrons. The van der Waals surface area contributed by atoms with Crippen molar-refractivity contribution in [2.45, 2.75) is 0 Å². The molecule has 4 aromatic heterocycles. The minimum absolute atomic E-state index is 0.0151. The van der Waals surface area contributed by atoms with Gasteiger partial charge in [-0.05, 0) is 66.7 Å². The van der Waals surface area contributed by atoms with Gasteiger partial charge >= 0.3 is 0 Å². The Balaban J connectivity index is 1.31. The highest BCUT2D eigenvalue weighted by atomic mass is 79.9. The third-order valence-electron chi connectivity index (χ3n) is 6.23. The number of hydrogen-bond donors (Lipinski definition) is 1. The van der Waals surface area contributed by atoms with Gasteiger partial charge in [-0.2, -0.15) is 0 Å². The number of pyridine rings is 3. The molecule has 2 aromatic carbocycles. The van der Waals surface area contributed by atoms with Gasteiger partial charge in [0.15, 0.2) is 11.6 Å². The number of amides is 1. The van der Waals surface area contributed by atoms with Gasteiger partial charge in [-0.25, -0.2) is 14.4 Å². The minimum Gasteiger partial charge on any atom is -0.453 e. The first-order valence-electron chi connectivity index (χ1n) is 11.8. The highest BCUT2D eigenvalue weighted by Gasteiger charge is 2.19. The minimum atomic E-state index is -0.677. The number of halogens is 2. The van der Waals surface area contributed by atoms with E-state index in [-0.39, 0.29) is 17.0 Å². The monoisotopic (exact) mass is 583 g/mol. The number of nitrogens with one attached hydrogen (secondary N) is 1. The lowest BCUT2D eigenvalue weighted by molar-refractivity contribution is 0.102. The fourth-order valence-corrected chi connectivity index (χ4v) is 4.61. The number of anilines is 1. The molecule has 0 aliphatic rings. The van der Waals surface area contributed by atoms with E-state index in [9.17, 15) is 9.59 Å². The normalized spacial score (nSPS) is 11.2. The summed E-state index contributed by atoms with van der Waals surface area (Å²) >= 11 is 3.39. The Kier molecular flexibility index (Phi) is 6.16.